The van der Waals surface area contributed by atoms with Gasteiger partial charge in [-0.25, -0.2) is 4.90 Å². The molecule has 3 rings (SSSR count). The van der Waals surface area contributed by atoms with Crippen LogP contribution in [-0.2, 0) is 16.1 Å². The van der Waals surface area contributed by atoms with Gasteiger partial charge in [-0.05, 0) is 30.7 Å². The number of amides is 2. The molecule has 0 aromatic heterocycles. The summed E-state index contributed by atoms with van der Waals surface area (Å²) in [4.78, 5) is 26.2. The van der Waals surface area contributed by atoms with Gasteiger partial charge in [0.25, 0.3) is 5.91 Å². The van der Waals surface area contributed by atoms with E-state index >= 15 is 0 Å². The number of benzene rings is 2. The summed E-state index contributed by atoms with van der Waals surface area (Å²) in [6.45, 7) is 3.38. The van der Waals surface area contributed by atoms with Gasteiger partial charge in [-0.2, -0.15) is 0 Å². The van der Waals surface area contributed by atoms with Crippen LogP contribution < -0.4 is 15.0 Å². The lowest BCUT2D eigenvalue weighted by Gasteiger charge is -2.15. The van der Waals surface area contributed by atoms with Crippen LogP contribution in [-0.4, -0.2) is 24.5 Å². The molecule has 1 aliphatic heterocycles. The maximum absolute atomic E-state index is 12.6. The van der Waals surface area contributed by atoms with Gasteiger partial charge in [0.15, 0.2) is 6.04 Å². The zero-order chi connectivity index (χ0) is 17.6. The monoisotopic (exact) mass is 339 g/mol. The second-order valence-corrected chi connectivity index (χ2v) is 6.15. The molecule has 0 spiro atoms. The Morgan fingerprint density at radius 1 is 1.08 bits per heavy atom. The molecular weight excluding hydrogens is 316 g/mol. The van der Waals surface area contributed by atoms with Crippen LogP contribution in [0.2, 0.25) is 0 Å². The molecule has 0 aliphatic carbocycles. The van der Waals surface area contributed by atoms with Gasteiger partial charge < -0.3 is 10.1 Å². The second kappa shape index (κ2) is 7.94. The van der Waals surface area contributed by atoms with Crippen LogP contribution in [0.4, 0.5) is 5.69 Å². The van der Waals surface area contributed by atoms with Crippen LogP contribution in [0.3, 0.4) is 0 Å². The van der Waals surface area contributed by atoms with E-state index in [4.69, 9.17) is 4.74 Å². The van der Waals surface area contributed by atoms with Gasteiger partial charge in [0.1, 0.15) is 12.3 Å². The van der Waals surface area contributed by atoms with Gasteiger partial charge in [0.05, 0.1) is 18.7 Å². The Morgan fingerprint density at radius 3 is 2.48 bits per heavy atom. The number of nitrogens with two attached hydrogens (primary N) is 1. The van der Waals surface area contributed by atoms with Crippen molar-refractivity contribution in [1.82, 2.24) is 0 Å². The van der Waals surface area contributed by atoms with Crippen molar-refractivity contribution in [3.63, 3.8) is 0 Å². The van der Waals surface area contributed by atoms with Crippen LogP contribution >= 0.6 is 0 Å². The first kappa shape index (κ1) is 17.2. The molecule has 1 atom stereocenters. The SMILES string of the molecule is CCCOc1ccc(N2C(=O)C[C@H]([NH2+]Cc3ccccc3)C2=O)cc1. The predicted molar refractivity (Wildman–Crippen MR) is 95.2 cm³/mol. The summed E-state index contributed by atoms with van der Waals surface area (Å²) < 4.78 is 5.54. The third-order valence-electron chi connectivity index (χ3n) is 4.23. The van der Waals surface area contributed by atoms with E-state index in [1.54, 1.807) is 24.3 Å². The molecule has 1 fully saturated rings. The Labute approximate surface area is 147 Å². The molecule has 1 saturated heterocycles. The quantitative estimate of drug-likeness (QED) is 0.784. The summed E-state index contributed by atoms with van der Waals surface area (Å²) in [5.41, 5.74) is 1.74. The lowest BCUT2D eigenvalue weighted by Crippen LogP contribution is -2.90. The van der Waals surface area contributed by atoms with Crippen LogP contribution in [0, 0.1) is 0 Å². The zero-order valence-corrected chi connectivity index (χ0v) is 14.4. The summed E-state index contributed by atoms with van der Waals surface area (Å²) in [6.07, 6.45) is 1.17. The molecule has 0 radical (unpaired) electrons. The molecule has 130 valence electrons. The molecule has 2 aromatic rings. The number of hydrogen-bond acceptors (Lipinski definition) is 3. The van der Waals surface area contributed by atoms with E-state index in [1.165, 1.54) is 4.90 Å². The number of ether oxygens (including phenoxy) is 1. The molecule has 1 heterocycles. The summed E-state index contributed by atoms with van der Waals surface area (Å²) in [7, 11) is 0. The Kier molecular flexibility index (Phi) is 5.46. The molecule has 1 aliphatic rings. The van der Waals surface area contributed by atoms with E-state index in [-0.39, 0.29) is 24.3 Å². The van der Waals surface area contributed by atoms with Gasteiger partial charge in [-0.15, -0.1) is 0 Å². The fraction of sp³-hybridized carbons (Fsp3) is 0.300. The van der Waals surface area contributed by atoms with Crippen LogP contribution in [0.15, 0.2) is 54.6 Å². The zero-order valence-electron chi connectivity index (χ0n) is 14.4. The number of imide groups is 1. The number of anilines is 1. The van der Waals surface area contributed by atoms with Crippen molar-refractivity contribution in [1.29, 1.82) is 0 Å². The van der Waals surface area contributed by atoms with Crippen molar-refractivity contribution < 1.29 is 19.6 Å². The topological polar surface area (TPSA) is 63.2 Å². The molecule has 2 N–H and O–H groups in total. The van der Waals surface area contributed by atoms with Crippen LogP contribution in [0.1, 0.15) is 25.3 Å². The average Bonchev–Trinajstić information content (AvgIpc) is 2.93. The number of nitrogens with zero attached hydrogens (tertiary/aromatic N) is 1. The first-order valence-electron chi connectivity index (χ1n) is 8.66. The maximum atomic E-state index is 12.6. The van der Waals surface area contributed by atoms with E-state index in [1.807, 2.05) is 42.6 Å². The molecule has 5 nitrogen and oxygen atoms in total. The van der Waals surface area contributed by atoms with Gasteiger partial charge in [0.2, 0.25) is 5.91 Å². The highest BCUT2D eigenvalue weighted by molar-refractivity contribution is 6.21. The average molecular weight is 339 g/mol. The van der Waals surface area contributed by atoms with E-state index < -0.39 is 0 Å². The number of carbonyl (C=O) groups is 2. The lowest BCUT2D eigenvalue weighted by molar-refractivity contribution is -0.690. The fourth-order valence-electron chi connectivity index (χ4n) is 2.91. The number of quaternary nitrogens is 1. The highest BCUT2D eigenvalue weighted by atomic mass is 16.5. The fourth-order valence-corrected chi connectivity index (χ4v) is 2.91. The number of hydrogen-bond donors (Lipinski definition) is 1. The third-order valence-corrected chi connectivity index (χ3v) is 4.23. The van der Waals surface area contributed by atoms with Gasteiger partial charge in [-0.3, -0.25) is 9.59 Å². The van der Waals surface area contributed by atoms with Gasteiger partial charge >= 0.3 is 0 Å². The van der Waals surface area contributed by atoms with Crippen molar-refractivity contribution in [2.24, 2.45) is 0 Å². The molecular formula is C20H23N2O3+. The maximum Gasteiger partial charge on any atom is 0.292 e. The smallest absolute Gasteiger partial charge is 0.292 e. The second-order valence-electron chi connectivity index (χ2n) is 6.15. The van der Waals surface area contributed by atoms with Crippen LogP contribution in [0.25, 0.3) is 0 Å². The van der Waals surface area contributed by atoms with Crippen molar-refractivity contribution >= 4 is 17.5 Å². The van der Waals surface area contributed by atoms with E-state index in [0.29, 0.717) is 18.8 Å². The molecule has 0 bridgehead atoms. The van der Waals surface area contributed by atoms with Crippen molar-refractivity contribution in [3.8, 4) is 5.75 Å². The van der Waals surface area contributed by atoms with Crippen LogP contribution in [0.5, 0.6) is 5.75 Å². The minimum atomic E-state index is -0.358. The molecule has 5 heteroatoms. The van der Waals surface area contributed by atoms with Gasteiger partial charge in [0, 0.05) is 5.56 Å². The predicted octanol–water partition coefficient (Wildman–Crippen LogP) is 1.87. The largest absolute Gasteiger partial charge is 0.494 e. The van der Waals surface area contributed by atoms with E-state index in [0.717, 1.165) is 17.7 Å². The minimum absolute atomic E-state index is 0.150. The summed E-state index contributed by atoms with van der Waals surface area (Å²) in [5, 5.41) is 1.94. The highest BCUT2D eigenvalue weighted by Gasteiger charge is 2.42. The molecule has 25 heavy (non-hydrogen) atoms. The summed E-state index contributed by atoms with van der Waals surface area (Å²) in [5.74, 6) is 0.446. The Morgan fingerprint density at radius 2 is 1.80 bits per heavy atom. The minimum Gasteiger partial charge on any atom is -0.494 e. The van der Waals surface area contributed by atoms with E-state index in [9.17, 15) is 9.59 Å². The van der Waals surface area contributed by atoms with Crippen molar-refractivity contribution in [2.75, 3.05) is 11.5 Å². The number of carbonyl (C=O) groups excluding carboxylic acids is 2. The molecule has 0 unspecified atom stereocenters. The standard InChI is InChI=1S/C20H22N2O3/c1-2-12-25-17-10-8-16(9-11-17)22-19(23)13-18(20(22)24)21-14-15-6-4-3-5-7-15/h3-11,18,21H,2,12-14H2,1H3/p+1/t18-/m0/s1. The third kappa shape index (κ3) is 4.06. The van der Waals surface area contributed by atoms with E-state index in [2.05, 4.69) is 0 Å². The number of rotatable bonds is 7. The summed E-state index contributed by atoms with van der Waals surface area (Å²) in [6, 6.07) is 16.7. The molecule has 2 aromatic carbocycles. The lowest BCUT2D eigenvalue weighted by atomic mass is 10.2. The molecule has 2 amide bonds. The first-order valence-corrected chi connectivity index (χ1v) is 8.66. The molecule has 0 saturated carbocycles. The van der Waals surface area contributed by atoms with Gasteiger partial charge in [-0.1, -0.05) is 37.3 Å². The normalized spacial score (nSPS) is 17.2. The Hall–Kier alpha value is -2.66. The van der Waals surface area contributed by atoms with Crippen molar-refractivity contribution in [3.05, 3.63) is 60.2 Å². The Bertz CT molecular complexity index is 728. The van der Waals surface area contributed by atoms with Crippen molar-refractivity contribution in [2.45, 2.75) is 32.4 Å². The first-order chi connectivity index (χ1) is 12.2. The summed E-state index contributed by atoms with van der Waals surface area (Å²) >= 11 is 0. The highest BCUT2D eigenvalue weighted by Crippen LogP contribution is 2.24. The Balaban J connectivity index is 1.64.